The lowest BCUT2D eigenvalue weighted by molar-refractivity contribution is -0.0149. The zero-order valence-corrected chi connectivity index (χ0v) is 13.3. The molecule has 0 spiro atoms. The Morgan fingerprint density at radius 2 is 2.14 bits per heavy atom. The van der Waals surface area contributed by atoms with E-state index in [2.05, 4.69) is 19.2 Å². The Labute approximate surface area is 126 Å². The molecule has 1 N–H and O–H groups in total. The highest BCUT2D eigenvalue weighted by atomic mass is 32.2. The van der Waals surface area contributed by atoms with Gasteiger partial charge >= 0.3 is 0 Å². The Morgan fingerprint density at radius 1 is 1.33 bits per heavy atom. The number of nitrogens with zero attached hydrogens (tertiary/aromatic N) is 1. The fourth-order valence-corrected chi connectivity index (χ4v) is 4.71. The highest BCUT2D eigenvalue weighted by Gasteiger charge is 2.42. The van der Waals surface area contributed by atoms with Crippen molar-refractivity contribution >= 4 is 10.0 Å². The maximum Gasteiger partial charge on any atom is 0.243 e. The summed E-state index contributed by atoms with van der Waals surface area (Å²) < 4.78 is 33.2. The van der Waals surface area contributed by atoms with E-state index in [1.54, 1.807) is 16.4 Å². The summed E-state index contributed by atoms with van der Waals surface area (Å²) in [7, 11) is -3.46. The van der Waals surface area contributed by atoms with Crippen molar-refractivity contribution in [1.29, 1.82) is 0 Å². The first kappa shape index (κ1) is 15.0. The van der Waals surface area contributed by atoms with Gasteiger partial charge in [-0.15, -0.1) is 0 Å². The van der Waals surface area contributed by atoms with Crippen LogP contribution in [0.25, 0.3) is 0 Å². The lowest BCUT2D eigenvalue weighted by Gasteiger charge is -2.35. The molecule has 0 aliphatic carbocycles. The van der Waals surface area contributed by atoms with Crippen LogP contribution in [0.3, 0.4) is 0 Å². The molecule has 2 aliphatic rings. The molecule has 5 nitrogen and oxygen atoms in total. The van der Waals surface area contributed by atoms with E-state index in [4.69, 9.17) is 4.74 Å². The monoisotopic (exact) mass is 310 g/mol. The minimum atomic E-state index is -3.46. The Morgan fingerprint density at radius 3 is 2.90 bits per heavy atom. The van der Waals surface area contributed by atoms with E-state index in [0.29, 0.717) is 30.5 Å². The maximum absolute atomic E-state index is 12.9. The van der Waals surface area contributed by atoms with Crippen molar-refractivity contribution in [3.8, 4) is 0 Å². The Hall–Kier alpha value is -0.950. The van der Waals surface area contributed by atoms with Gasteiger partial charge < -0.3 is 10.1 Å². The van der Waals surface area contributed by atoms with E-state index in [1.165, 1.54) is 0 Å². The number of ether oxygens (including phenoxy) is 1. The zero-order valence-electron chi connectivity index (χ0n) is 12.5. The number of sulfonamides is 1. The second-order valence-electron chi connectivity index (χ2n) is 5.98. The largest absolute Gasteiger partial charge is 0.374 e. The molecular weight excluding hydrogens is 288 g/mol. The number of benzene rings is 1. The van der Waals surface area contributed by atoms with Crippen LogP contribution >= 0.6 is 0 Å². The molecule has 2 saturated heterocycles. The molecule has 1 aromatic rings. The fraction of sp³-hybridized carbons (Fsp3) is 0.600. The molecule has 0 unspecified atom stereocenters. The molecule has 21 heavy (non-hydrogen) atoms. The topological polar surface area (TPSA) is 58.6 Å². The highest BCUT2D eigenvalue weighted by molar-refractivity contribution is 7.89. The number of fused-ring (bicyclic) bond motifs is 1. The Balaban J connectivity index is 1.94. The standard InChI is InChI=1S/C15H22N2O3S/c1-11(2)12-4-3-5-13(8-12)21(18,19)17-6-7-20-15-10-16-9-14(15)17/h3-5,8,11,14-16H,6-7,9-10H2,1-2H3/t14-,15+/m0/s1. The van der Waals surface area contributed by atoms with E-state index >= 15 is 0 Å². The predicted octanol–water partition coefficient (Wildman–Crippen LogP) is 1.17. The molecule has 3 rings (SSSR count). The van der Waals surface area contributed by atoms with Gasteiger partial charge in [-0.1, -0.05) is 26.0 Å². The maximum atomic E-state index is 12.9. The first-order valence-corrected chi connectivity index (χ1v) is 8.88. The van der Waals surface area contributed by atoms with Gasteiger partial charge in [0.15, 0.2) is 0 Å². The van der Waals surface area contributed by atoms with Gasteiger partial charge in [-0.2, -0.15) is 4.31 Å². The summed E-state index contributed by atoms with van der Waals surface area (Å²) in [6, 6.07) is 7.20. The molecule has 6 heteroatoms. The first-order chi connectivity index (χ1) is 10.00. The summed E-state index contributed by atoms with van der Waals surface area (Å²) in [5, 5.41) is 3.22. The number of hydrogen-bond donors (Lipinski definition) is 1. The average Bonchev–Trinajstić information content (AvgIpc) is 2.95. The summed E-state index contributed by atoms with van der Waals surface area (Å²) in [5.41, 5.74) is 1.05. The van der Waals surface area contributed by atoms with Gasteiger partial charge in [-0.05, 0) is 23.6 Å². The minimum absolute atomic E-state index is 0.0261. The Bertz CT molecular complexity index is 615. The van der Waals surface area contributed by atoms with E-state index in [-0.39, 0.29) is 12.1 Å². The first-order valence-electron chi connectivity index (χ1n) is 7.44. The van der Waals surface area contributed by atoms with Gasteiger partial charge in [0.1, 0.15) is 0 Å². The molecule has 0 aromatic heterocycles. The van der Waals surface area contributed by atoms with Crippen molar-refractivity contribution in [3.05, 3.63) is 29.8 Å². The van der Waals surface area contributed by atoms with Crippen LogP contribution in [0.15, 0.2) is 29.2 Å². The average molecular weight is 310 g/mol. The third kappa shape index (κ3) is 2.73. The molecule has 0 bridgehead atoms. The van der Waals surface area contributed by atoms with Crippen LogP contribution in [-0.2, 0) is 14.8 Å². The van der Waals surface area contributed by atoms with Crippen LogP contribution in [0.5, 0.6) is 0 Å². The van der Waals surface area contributed by atoms with Crippen molar-refractivity contribution in [1.82, 2.24) is 9.62 Å². The van der Waals surface area contributed by atoms with Gasteiger partial charge in [0.05, 0.1) is 23.6 Å². The number of nitrogens with one attached hydrogen (secondary N) is 1. The smallest absolute Gasteiger partial charge is 0.243 e. The molecule has 2 atom stereocenters. The molecule has 2 fully saturated rings. The van der Waals surface area contributed by atoms with Crippen molar-refractivity contribution in [3.63, 3.8) is 0 Å². The summed E-state index contributed by atoms with van der Waals surface area (Å²) in [4.78, 5) is 0.390. The quantitative estimate of drug-likeness (QED) is 0.910. The third-order valence-electron chi connectivity index (χ3n) is 4.27. The van der Waals surface area contributed by atoms with E-state index in [0.717, 1.165) is 12.1 Å². The highest BCUT2D eigenvalue weighted by Crippen LogP contribution is 2.27. The second-order valence-corrected chi connectivity index (χ2v) is 7.87. The summed E-state index contributed by atoms with van der Waals surface area (Å²) in [6.07, 6.45) is -0.0261. The van der Waals surface area contributed by atoms with Crippen LogP contribution in [0.4, 0.5) is 0 Å². The zero-order chi connectivity index (χ0) is 15.0. The van der Waals surface area contributed by atoms with E-state index in [9.17, 15) is 8.42 Å². The Kier molecular flexibility index (Phi) is 4.05. The summed E-state index contributed by atoms with van der Waals surface area (Å²) in [5.74, 6) is 0.311. The molecule has 1 aromatic carbocycles. The SMILES string of the molecule is CC(C)c1cccc(S(=O)(=O)N2CCO[C@@H]3CNC[C@@H]32)c1. The van der Waals surface area contributed by atoms with E-state index in [1.807, 2.05) is 12.1 Å². The summed E-state index contributed by atoms with van der Waals surface area (Å²) in [6.45, 7) is 6.41. The molecule has 0 amide bonds. The number of morpholine rings is 1. The minimum Gasteiger partial charge on any atom is -0.374 e. The lowest BCUT2D eigenvalue weighted by atomic mass is 10.0. The molecule has 0 saturated carbocycles. The van der Waals surface area contributed by atoms with Crippen LogP contribution < -0.4 is 5.32 Å². The lowest BCUT2D eigenvalue weighted by Crippen LogP contribution is -2.53. The van der Waals surface area contributed by atoms with Crippen molar-refractivity contribution in [2.24, 2.45) is 0 Å². The second kappa shape index (κ2) is 5.68. The van der Waals surface area contributed by atoms with Crippen LogP contribution in [0.1, 0.15) is 25.3 Å². The molecule has 2 aliphatic heterocycles. The predicted molar refractivity (Wildman–Crippen MR) is 80.8 cm³/mol. The van der Waals surface area contributed by atoms with Gasteiger partial charge in [0.2, 0.25) is 10.0 Å². The normalized spacial score (nSPS) is 27.0. The van der Waals surface area contributed by atoms with Gasteiger partial charge in [0, 0.05) is 19.6 Å². The molecular formula is C15H22N2O3S. The van der Waals surface area contributed by atoms with Crippen molar-refractivity contribution in [2.45, 2.75) is 36.8 Å². The summed E-state index contributed by atoms with van der Waals surface area (Å²) >= 11 is 0. The van der Waals surface area contributed by atoms with Crippen molar-refractivity contribution in [2.75, 3.05) is 26.2 Å². The van der Waals surface area contributed by atoms with Gasteiger partial charge in [-0.25, -0.2) is 8.42 Å². The fourth-order valence-electron chi connectivity index (χ4n) is 3.03. The van der Waals surface area contributed by atoms with E-state index < -0.39 is 10.0 Å². The molecule has 116 valence electrons. The number of rotatable bonds is 3. The third-order valence-corrected chi connectivity index (χ3v) is 6.19. The van der Waals surface area contributed by atoms with Crippen LogP contribution in [0, 0.1) is 0 Å². The van der Waals surface area contributed by atoms with Crippen LogP contribution in [-0.4, -0.2) is 51.1 Å². The number of hydrogen-bond acceptors (Lipinski definition) is 4. The van der Waals surface area contributed by atoms with Gasteiger partial charge in [-0.3, -0.25) is 0 Å². The van der Waals surface area contributed by atoms with Crippen LogP contribution in [0.2, 0.25) is 0 Å². The molecule has 0 radical (unpaired) electrons. The van der Waals surface area contributed by atoms with Crippen molar-refractivity contribution < 1.29 is 13.2 Å². The van der Waals surface area contributed by atoms with Gasteiger partial charge in [0.25, 0.3) is 0 Å². The molecule has 2 heterocycles.